The van der Waals surface area contributed by atoms with Crippen molar-refractivity contribution >= 4 is 39.9 Å². The maximum atomic E-state index is 12.7. The SMILES string of the molecule is Cc1cc(C)cc(NC(=O)CN2CCC(C(=O)Nc3nc(C)c(C(=O)N(C)C)s3)CC2)c1. The van der Waals surface area contributed by atoms with E-state index in [1.807, 2.05) is 26.0 Å². The number of hydrogen-bond donors (Lipinski definition) is 2. The summed E-state index contributed by atoms with van der Waals surface area (Å²) in [6.07, 6.45) is 1.35. The topological polar surface area (TPSA) is 94.6 Å². The number of amides is 3. The van der Waals surface area contributed by atoms with E-state index in [1.54, 1.807) is 21.0 Å². The van der Waals surface area contributed by atoms with Crippen LogP contribution in [0.4, 0.5) is 10.8 Å². The zero-order valence-electron chi connectivity index (χ0n) is 19.3. The lowest BCUT2D eigenvalue weighted by Gasteiger charge is -2.30. The van der Waals surface area contributed by atoms with Crippen LogP contribution in [0.15, 0.2) is 18.2 Å². The Kier molecular flexibility index (Phi) is 7.63. The van der Waals surface area contributed by atoms with Crippen molar-refractivity contribution in [2.75, 3.05) is 44.4 Å². The maximum Gasteiger partial charge on any atom is 0.265 e. The summed E-state index contributed by atoms with van der Waals surface area (Å²) in [5.74, 6) is -0.380. The Balaban J connectivity index is 1.48. The van der Waals surface area contributed by atoms with Gasteiger partial charge in [0.1, 0.15) is 4.88 Å². The molecule has 0 radical (unpaired) electrons. The number of carbonyl (C=O) groups excluding carboxylic acids is 3. The van der Waals surface area contributed by atoms with Crippen LogP contribution in [0.25, 0.3) is 0 Å². The van der Waals surface area contributed by atoms with Crippen LogP contribution < -0.4 is 10.6 Å². The number of benzene rings is 1. The van der Waals surface area contributed by atoms with Crippen LogP contribution in [0.1, 0.15) is 39.3 Å². The molecule has 0 aliphatic carbocycles. The number of thiazole rings is 1. The third-order valence-electron chi connectivity index (χ3n) is 5.46. The lowest BCUT2D eigenvalue weighted by Crippen LogP contribution is -2.41. The molecule has 1 aliphatic rings. The molecular weight excluding hydrogens is 426 g/mol. The van der Waals surface area contributed by atoms with Crippen molar-refractivity contribution in [3.8, 4) is 0 Å². The van der Waals surface area contributed by atoms with Gasteiger partial charge in [-0.25, -0.2) is 4.98 Å². The van der Waals surface area contributed by atoms with E-state index in [9.17, 15) is 14.4 Å². The average Bonchev–Trinajstić information content (AvgIpc) is 3.06. The molecule has 9 heteroatoms. The summed E-state index contributed by atoms with van der Waals surface area (Å²) in [6, 6.07) is 5.98. The molecule has 0 bridgehead atoms. The summed E-state index contributed by atoms with van der Waals surface area (Å²) in [4.78, 5) is 45.7. The number of carbonyl (C=O) groups is 3. The van der Waals surface area contributed by atoms with Gasteiger partial charge in [0.25, 0.3) is 5.91 Å². The number of hydrogen-bond acceptors (Lipinski definition) is 6. The van der Waals surface area contributed by atoms with E-state index < -0.39 is 0 Å². The van der Waals surface area contributed by atoms with Gasteiger partial charge in [-0.1, -0.05) is 17.4 Å². The van der Waals surface area contributed by atoms with Gasteiger partial charge < -0.3 is 15.5 Å². The van der Waals surface area contributed by atoms with Crippen LogP contribution in [0, 0.1) is 26.7 Å². The van der Waals surface area contributed by atoms with Crippen molar-refractivity contribution in [1.82, 2.24) is 14.8 Å². The molecule has 2 heterocycles. The molecule has 1 fully saturated rings. The minimum atomic E-state index is -0.133. The highest BCUT2D eigenvalue weighted by atomic mass is 32.1. The Morgan fingerprint density at radius 3 is 2.28 bits per heavy atom. The van der Waals surface area contributed by atoms with Crippen molar-refractivity contribution in [2.45, 2.75) is 33.6 Å². The standard InChI is InChI=1S/C23H31N5O3S/c1-14-10-15(2)12-18(11-14)25-19(29)13-28-8-6-17(7-9-28)21(30)26-23-24-16(3)20(32-23)22(31)27(4)5/h10-12,17H,6-9,13H2,1-5H3,(H,25,29)(H,24,26,30). The Labute approximate surface area is 193 Å². The van der Waals surface area contributed by atoms with Crippen molar-refractivity contribution in [1.29, 1.82) is 0 Å². The molecule has 0 spiro atoms. The first-order valence-corrected chi connectivity index (χ1v) is 11.5. The largest absolute Gasteiger partial charge is 0.344 e. The number of piperidine rings is 1. The highest BCUT2D eigenvalue weighted by molar-refractivity contribution is 7.17. The highest BCUT2D eigenvalue weighted by Gasteiger charge is 2.27. The molecular formula is C23H31N5O3S. The fraction of sp³-hybridized carbons (Fsp3) is 0.478. The molecule has 0 unspecified atom stereocenters. The molecule has 1 aromatic heterocycles. The fourth-order valence-corrected chi connectivity index (χ4v) is 4.85. The molecule has 1 aliphatic heterocycles. The molecule has 1 saturated heterocycles. The lowest BCUT2D eigenvalue weighted by molar-refractivity contribution is -0.121. The zero-order valence-corrected chi connectivity index (χ0v) is 20.1. The monoisotopic (exact) mass is 457 g/mol. The van der Waals surface area contributed by atoms with E-state index >= 15 is 0 Å². The molecule has 0 saturated carbocycles. The second-order valence-electron chi connectivity index (χ2n) is 8.60. The van der Waals surface area contributed by atoms with Gasteiger partial charge >= 0.3 is 0 Å². The lowest BCUT2D eigenvalue weighted by atomic mass is 9.96. The van der Waals surface area contributed by atoms with E-state index in [2.05, 4.69) is 26.6 Å². The van der Waals surface area contributed by atoms with Gasteiger partial charge in [-0.2, -0.15) is 0 Å². The second kappa shape index (κ2) is 10.2. The van der Waals surface area contributed by atoms with Gasteiger partial charge in [0.05, 0.1) is 12.2 Å². The van der Waals surface area contributed by atoms with Crippen molar-refractivity contribution in [2.24, 2.45) is 5.92 Å². The Hall–Kier alpha value is -2.78. The molecule has 2 aromatic rings. The smallest absolute Gasteiger partial charge is 0.265 e. The van der Waals surface area contributed by atoms with Crippen LogP contribution in [0.3, 0.4) is 0 Å². The minimum absolute atomic E-state index is 0.0470. The second-order valence-corrected chi connectivity index (χ2v) is 9.60. The van der Waals surface area contributed by atoms with Gasteiger partial charge in [0.2, 0.25) is 11.8 Å². The third kappa shape index (κ3) is 6.14. The first-order chi connectivity index (χ1) is 15.1. The third-order valence-corrected chi connectivity index (χ3v) is 6.52. The molecule has 32 heavy (non-hydrogen) atoms. The molecule has 3 rings (SSSR count). The van der Waals surface area contributed by atoms with Gasteiger partial charge in [-0.05, 0) is 70.0 Å². The van der Waals surface area contributed by atoms with Crippen molar-refractivity contribution < 1.29 is 14.4 Å². The van der Waals surface area contributed by atoms with Gasteiger partial charge in [-0.15, -0.1) is 0 Å². The van der Waals surface area contributed by atoms with Crippen LogP contribution in [-0.2, 0) is 9.59 Å². The summed E-state index contributed by atoms with van der Waals surface area (Å²) in [7, 11) is 3.38. The summed E-state index contributed by atoms with van der Waals surface area (Å²) < 4.78 is 0. The highest BCUT2D eigenvalue weighted by Crippen LogP contribution is 2.26. The van der Waals surface area contributed by atoms with Gasteiger partial charge in [0.15, 0.2) is 5.13 Å². The molecule has 8 nitrogen and oxygen atoms in total. The van der Waals surface area contributed by atoms with E-state index in [-0.39, 0.29) is 23.6 Å². The number of anilines is 2. The predicted molar refractivity (Wildman–Crippen MR) is 127 cm³/mol. The van der Waals surface area contributed by atoms with Crippen molar-refractivity contribution in [3.63, 3.8) is 0 Å². The summed E-state index contributed by atoms with van der Waals surface area (Å²) in [5, 5.41) is 6.28. The van der Waals surface area contributed by atoms with E-state index in [0.717, 1.165) is 16.8 Å². The first-order valence-electron chi connectivity index (χ1n) is 10.7. The average molecular weight is 458 g/mol. The van der Waals surface area contributed by atoms with Crippen LogP contribution in [-0.4, -0.2) is 66.2 Å². The molecule has 1 aromatic carbocycles. The molecule has 172 valence electrons. The first kappa shape index (κ1) is 23.9. The number of aryl methyl sites for hydroxylation is 3. The van der Waals surface area contributed by atoms with Crippen molar-refractivity contribution in [3.05, 3.63) is 39.9 Å². The van der Waals surface area contributed by atoms with Gasteiger partial charge in [0, 0.05) is 25.7 Å². The van der Waals surface area contributed by atoms with E-state index in [4.69, 9.17) is 0 Å². The molecule has 2 N–H and O–H groups in total. The number of aromatic nitrogens is 1. The normalized spacial score (nSPS) is 14.8. The fourth-order valence-electron chi connectivity index (χ4n) is 3.86. The predicted octanol–water partition coefficient (Wildman–Crippen LogP) is 3.06. The summed E-state index contributed by atoms with van der Waals surface area (Å²) in [5.41, 5.74) is 3.66. The Bertz CT molecular complexity index is 989. The summed E-state index contributed by atoms with van der Waals surface area (Å²) in [6.45, 7) is 7.45. The van der Waals surface area contributed by atoms with E-state index in [1.165, 1.54) is 16.2 Å². The Morgan fingerprint density at radius 2 is 1.69 bits per heavy atom. The number of likely N-dealkylation sites (tertiary alicyclic amines) is 1. The van der Waals surface area contributed by atoms with Crippen LogP contribution in [0.2, 0.25) is 0 Å². The number of nitrogens with zero attached hydrogens (tertiary/aromatic N) is 3. The maximum absolute atomic E-state index is 12.7. The summed E-state index contributed by atoms with van der Waals surface area (Å²) >= 11 is 1.20. The van der Waals surface area contributed by atoms with Crippen LogP contribution >= 0.6 is 11.3 Å². The minimum Gasteiger partial charge on any atom is -0.344 e. The number of nitrogens with one attached hydrogen (secondary N) is 2. The number of rotatable bonds is 6. The molecule has 3 amide bonds. The Morgan fingerprint density at radius 1 is 1.06 bits per heavy atom. The van der Waals surface area contributed by atoms with E-state index in [0.29, 0.717) is 48.2 Å². The van der Waals surface area contributed by atoms with Crippen LogP contribution in [0.5, 0.6) is 0 Å². The zero-order chi connectivity index (χ0) is 23.4. The van der Waals surface area contributed by atoms with Gasteiger partial charge in [-0.3, -0.25) is 19.3 Å². The molecule has 0 atom stereocenters. The quantitative estimate of drug-likeness (QED) is 0.695.